The first-order valence-corrected chi connectivity index (χ1v) is 11.4. The first-order valence-electron chi connectivity index (χ1n) is 11.4. The quantitative estimate of drug-likeness (QED) is 0.564. The Morgan fingerprint density at radius 1 is 0.733 bits per heavy atom. The van der Waals surface area contributed by atoms with Crippen LogP contribution in [0.25, 0.3) is 0 Å². The average Bonchev–Trinajstić information content (AvgIpc) is 3.40. The molecule has 30 heavy (non-hydrogen) atoms. The summed E-state index contributed by atoms with van der Waals surface area (Å²) in [4.78, 5) is 57.0. The lowest BCUT2D eigenvalue weighted by Crippen LogP contribution is -2.50. The van der Waals surface area contributed by atoms with Crippen molar-refractivity contribution in [2.45, 2.75) is 77.3 Å². The van der Waals surface area contributed by atoms with Crippen LogP contribution in [0.5, 0.6) is 0 Å². The van der Waals surface area contributed by atoms with Gasteiger partial charge in [0.15, 0.2) is 0 Å². The number of hydrogen-bond donors (Lipinski definition) is 0. The molecule has 0 N–H and O–H groups in total. The summed E-state index contributed by atoms with van der Waals surface area (Å²) in [5.41, 5.74) is 0. The van der Waals surface area contributed by atoms with Crippen molar-refractivity contribution in [3.63, 3.8) is 0 Å². The predicted octanol–water partition coefficient (Wildman–Crippen LogP) is 1.49. The molecule has 170 valence electrons. The van der Waals surface area contributed by atoms with Gasteiger partial charge in [0.05, 0.1) is 0 Å². The van der Waals surface area contributed by atoms with Crippen LogP contribution in [0, 0.1) is 0 Å². The minimum Gasteiger partial charge on any atom is -0.342 e. The zero-order valence-electron chi connectivity index (χ0n) is 19.1. The Hall–Kier alpha value is -2.12. The zero-order chi connectivity index (χ0) is 22.3. The number of carbonyl (C=O) groups excluding carboxylic acids is 4. The highest BCUT2D eigenvalue weighted by Crippen LogP contribution is 2.22. The van der Waals surface area contributed by atoms with E-state index >= 15 is 0 Å². The minimum atomic E-state index is -0.382. The van der Waals surface area contributed by atoms with Gasteiger partial charge in [0, 0.05) is 53.1 Å². The van der Waals surface area contributed by atoms with Gasteiger partial charge in [-0.05, 0) is 38.5 Å². The molecule has 0 bridgehead atoms. The van der Waals surface area contributed by atoms with Crippen LogP contribution in [0.3, 0.4) is 0 Å². The second kappa shape index (κ2) is 11.3. The maximum absolute atomic E-state index is 12.9. The summed E-state index contributed by atoms with van der Waals surface area (Å²) in [6.07, 6.45) is 5.59. The van der Waals surface area contributed by atoms with E-state index in [1.807, 2.05) is 13.8 Å². The van der Waals surface area contributed by atoms with Crippen molar-refractivity contribution < 1.29 is 19.2 Å². The molecule has 2 heterocycles. The summed E-state index contributed by atoms with van der Waals surface area (Å²) in [6.45, 7) is 6.03. The molecule has 0 aromatic carbocycles. The second-order valence-electron chi connectivity index (χ2n) is 8.51. The van der Waals surface area contributed by atoms with E-state index in [-0.39, 0.29) is 35.7 Å². The van der Waals surface area contributed by atoms with Crippen LogP contribution in [-0.2, 0) is 19.2 Å². The molecule has 2 unspecified atom stereocenters. The van der Waals surface area contributed by atoms with Crippen LogP contribution in [0.4, 0.5) is 0 Å². The van der Waals surface area contributed by atoms with Crippen LogP contribution in [-0.4, -0.2) is 95.6 Å². The van der Waals surface area contributed by atoms with E-state index in [2.05, 4.69) is 0 Å². The summed E-state index contributed by atoms with van der Waals surface area (Å²) in [6, 6.07) is -0.765. The van der Waals surface area contributed by atoms with Crippen molar-refractivity contribution in [3.05, 3.63) is 0 Å². The Morgan fingerprint density at radius 3 is 1.43 bits per heavy atom. The summed E-state index contributed by atoms with van der Waals surface area (Å²) in [5, 5.41) is 0. The van der Waals surface area contributed by atoms with E-state index in [0.717, 1.165) is 25.7 Å². The largest absolute Gasteiger partial charge is 0.342 e. The normalized spacial score (nSPS) is 21.1. The third-order valence-corrected chi connectivity index (χ3v) is 6.17. The summed E-state index contributed by atoms with van der Waals surface area (Å²) >= 11 is 0. The van der Waals surface area contributed by atoms with Crippen molar-refractivity contribution in [2.75, 3.05) is 40.3 Å². The molecule has 4 amide bonds. The van der Waals surface area contributed by atoms with E-state index in [9.17, 15) is 19.2 Å². The molecule has 2 aliphatic heterocycles. The Bertz CT molecular complexity index is 585. The van der Waals surface area contributed by atoms with Gasteiger partial charge < -0.3 is 19.6 Å². The third kappa shape index (κ3) is 5.73. The Kier molecular flexibility index (Phi) is 9.11. The van der Waals surface area contributed by atoms with Crippen LogP contribution in [0.1, 0.15) is 65.2 Å². The van der Waals surface area contributed by atoms with E-state index in [1.54, 1.807) is 33.7 Å². The SMILES string of the molecule is CCCC(=O)N1CCCC1C(=O)N(C)CCN(C)C(=O)C1CCCN1C(=O)CCC. The van der Waals surface area contributed by atoms with Crippen LogP contribution in [0.2, 0.25) is 0 Å². The molecule has 8 nitrogen and oxygen atoms in total. The van der Waals surface area contributed by atoms with Crippen molar-refractivity contribution in [1.29, 1.82) is 0 Å². The van der Waals surface area contributed by atoms with E-state index in [1.165, 1.54) is 0 Å². The molecular weight excluding hydrogens is 384 g/mol. The Morgan fingerprint density at radius 2 is 1.10 bits per heavy atom. The number of rotatable bonds is 9. The fourth-order valence-corrected chi connectivity index (χ4v) is 4.39. The molecule has 8 heteroatoms. The van der Waals surface area contributed by atoms with E-state index < -0.39 is 0 Å². The number of carbonyl (C=O) groups is 4. The Balaban J connectivity index is 1.88. The van der Waals surface area contributed by atoms with E-state index in [4.69, 9.17) is 0 Å². The van der Waals surface area contributed by atoms with Gasteiger partial charge in [-0.25, -0.2) is 0 Å². The van der Waals surface area contributed by atoms with Gasteiger partial charge in [-0.2, -0.15) is 0 Å². The molecule has 0 saturated carbocycles. The van der Waals surface area contributed by atoms with Gasteiger partial charge in [-0.3, -0.25) is 19.2 Å². The van der Waals surface area contributed by atoms with Gasteiger partial charge in [0.25, 0.3) is 0 Å². The van der Waals surface area contributed by atoms with Gasteiger partial charge in [-0.15, -0.1) is 0 Å². The molecule has 2 atom stereocenters. The molecule has 0 aromatic rings. The molecule has 0 aromatic heterocycles. The van der Waals surface area contributed by atoms with Gasteiger partial charge >= 0.3 is 0 Å². The summed E-state index contributed by atoms with van der Waals surface area (Å²) in [5.74, 6) is -0.0175. The molecule has 0 spiro atoms. The van der Waals surface area contributed by atoms with Crippen molar-refractivity contribution in [2.24, 2.45) is 0 Å². The van der Waals surface area contributed by atoms with Crippen molar-refractivity contribution in [1.82, 2.24) is 19.6 Å². The van der Waals surface area contributed by atoms with Gasteiger partial charge in [0.2, 0.25) is 23.6 Å². The van der Waals surface area contributed by atoms with Crippen LogP contribution in [0.15, 0.2) is 0 Å². The number of likely N-dealkylation sites (N-methyl/N-ethyl adjacent to an activating group) is 2. The topological polar surface area (TPSA) is 81.2 Å². The zero-order valence-corrected chi connectivity index (χ0v) is 19.1. The lowest BCUT2D eigenvalue weighted by Gasteiger charge is -2.31. The van der Waals surface area contributed by atoms with Crippen LogP contribution >= 0.6 is 0 Å². The number of hydrogen-bond acceptors (Lipinski definition) is 4. The van der Waals surface area contributed by atoms with Gasteiger partial charge in [-0.1, -0.05) is 13.8 Å². The molecular formula is C22H38N4O4. The molecule has 2 aliphatic rings. The highest BCUT2D eigenvalue weighted by molar-refractivity contribution is 5.89. The third-order valence-electron chi connectivity index (χ3n) is 6.17. The maximum Gasteiger partial charge on any atom is 0.245 e. The average molecular weight is 423 g/mol. The second-order valence-corrected chi connectivity index (χ2v) is 8.51. The Labute approximate surface area is 180 Å². The predicted molar refractivity (Wildman–Crippen MR) is 115 cm³/mol. The summed E-state index contributed by atoms with van der Waals surface area (Å²) < 4.78 is 0. The fraction of sp³-hybridized carbons (Fsp3) is 0.818. The fourth-order valence-electron chi connectivity index (χ4n) is 4.39. The monoisotopic (exact) mass is 422 g/mol. The lowest BCUT2D eigenvalue weighted by atomic mass is 10.1. The number of nitrogens with zero attached hydrogens (tertiary/aromatic N) is 4. The van der Waals surface area contributed by atoms with Gasteiger partial charge in [0.1, 0.15) is 12.1 Å². The van der Waals surface area contributed by atoms with Crippen LogP contribution < -0.4 is 0 Å². The molecule has 2 rings (SSSR count). The summed E-state index contributed by atoms with van der Waals surface area (Å²) in [7, 11) is 3.46. The highest BCUT2D eigenvalue weighted by Gasteiger charge is 2.37. The first-order chi connectivity index (χ1) is 14.3. The first kappa shape index (κ1) is 24.2. The lowest BCUT2D eigenvalue weighted by molar-refractivity contribution is -0.144. The van der Waals surface area contributed by atoms with Crippen molar-refractivity contribution in [3.8, 4) is 0 Å². The molecule has 2 fully saturated rings. The molecule has 0 radical (unpaired) electrons. The smallest absolute Gasteiger partial charge is 0.245 e. The minimum absolute atomic E-state index is 0.0483. The maximum atomic E-state index is 12.9. The number of likely N-dealkylation sites (tertiary alicyclic amines) is 2. The molecule has 2 saturated heterocycles. The highest BCUT2D eigenvalue weighted by atomic mass is 16.2. The van der Waals surface area contributed by atoms with Crippen molar-refractivity contribution >= 4 is 23.6 Å². The number of amides is 4. The van der Waals surface area contributed by atoms with E-state index in [0.29, 0.717) is 51.9 Å². The standard InChI is InChI=1S/C22H38N4O4/c1-5-9-19(27)25-13-7-11-17(25)21(29)23(3)15-16-24(4)22(30)18-12-8-14-26(18)20(28)10-6-2/h17-18H,5-16H2,1-4H3. The molecule has 0 aliphatic carbocycles.